The van der Waals surface area contributed by atoms with Crippen molar-refractivity contribution in [2.75, 3.05) is 60.9 Å². The summed E-state index contributed by atoms with van der Waals surface area (Å²) in [6.07, 6.45) is 0.895. The van der Waals surface area contributed by atoms with E-state index in [-0.39, 0.29) is 5.97 Å². The smallest absolute Gasteiger partial charge is 0.333 e. The summed E-state index contributed by atoms with van der Waals surface area (Å²) in [5.74, 6) is 0.376. The minimum Gasteiger partial charge on any atom is -0.456 e. The second kappa shape index (κ2) is 16.8. The van der Waals surface area contributed by atoms with Gasteiger partial charge in [-0.25, -0.2) is 4.79 Å². The Morgan fingerprint density at radius 3 is 1.76 bits per heavy atom. The highest BCUT2D eigenvalue weighted by atomic mass is 32.3. The number of carbonyl (C=O) groups excluding carboxylic acids is 1. The Balaban J connectivity index is -0.00000112. The van der Waals surface area contributed by atoms with E-state index in [9.17, 15) is 4.79 Å². The fourth-order valence-corrected chi connectivity index (χ4v) is 3.13. The van der Waals surface area contributed by atoms with E-state index >= 15 is 0 Å². The average molecular weight is 385 g/mol. The number of rotatable bonds is 11. The largest absolute Gasteiger partial charge is 0.456 e. The lowest BCUT2D eigenvalue weighted by Gasteiger charge is -2.35. The number of hydrogen-bond acceptors (Lipinski definition) is 5. The summed E-state index contributed by atoms with van der Waals surface area (Å²) in [4.78, 5) is 11.3. The Hall–Kier alpha value is -0.600. The first kappa shape index (κ1) is 29.2. The fraction of sp³-hybridized carbons (Fsp3) is 0.833. The average Bonchev–Trinajstić information content (AvgIpc) is 2.62. The minimum atomic E-state index is -1.88. The Kier molecular flexibility index (Phi) is 19.7. The Bertz CT molecular complexity index is 336. The summed E-state index contributed by atoms with van der Waals surface area (Å²) in [6.45, 7) is 15.2. The molecule has 0 unspecified atom stereocenters. The topological polar surface area (TPSA) is 54.0 Å². The molecular weight excluding hydrogens is 342 g/mol. The van der Waals surface area contributed by atoms with Gasteiger partial charge in [0.15, 0.2) is 0 Å². The molecule has 0 bridgehead atoms. The summed E-state index contributed by atoms with van der Waals surface area (Å²) in [5.41, 5.74) is 0.425. The van der Waals surface area contributed by atoms with Gasteiger partial charge < -0.3 is 9.22 Å². The molecule has 0 rings (SSSR count). The quantitative estimate of drug-likeness (QED) is 0.305. The zero-order valence-corrected chi connectivity index (χ0v) is 19.0. The zero-order valence-electron chi connectivity index (χ0n) is 18.1. The monoisotopic (exact) mass is 384 g/mol. The van der Waals surface area contributed by atoms with Gasteiger partial charge in [-0.1, -0.05) is 34.3 Å². The number of nitrogens with zero attached hydrogens (tertiary/aromatic N) is 1. The lowest BCUT2D eigenvalue weighted by atomic mass is 10.3. The summed E-state index contributed by atoms with van der Waals surface area (Å²) in [7, 11) is 7.10. The molecule has 0 aromatic rings. The Morgan fingerprint density at radius 1 is 0.960 bits per heavy atom. The van der Waals surface area contributed by atoms with Gasteiger partial charge in [0, 0.05) is 12.0 Å². The van der Waals surface area contributed by atoms with Gasteiger partial charge in [-0.15, -0.1) is 0 Å². The van der Waals surface area contributed by atoms with Crippen molar-refractivity contribution < 1.29 is 26.6 Å². The van der Waals surface area contributed by atoms with Gasteiger partial charge in [0.25, 0.3) is 0 Å². The first-order valence-electron chi connectivity index (χ1n) is 8.84. The van der Waals surface area contributed by atoms with Gasteiger partial charge in [0.05, 0.1) is 58.6 Å². The highest BCUT2D eigenvalue weighted by Gasteiger charge is 2.25. The van der Waals surface area contributed by atoms with Crippen LogP contribution in [0.15, 0.2) is 12.2 Å². The van der Waals surface area contributed by atoms with Crippen LogP contribution in [0.3, 0.4) is 0 Å². The highest BCUT2D eigenvalue weighted by molar-refractivity contribution is 8.21. The number of ether oxygens (including phenoxy) is 1. The van der Waals surface area contributed by atoms with Crippen LogP contribution in [0.1, 0.15) is 41.0 Å². The maximum Gasteiger partial charge on any atom is 0.333 e. The number of likely N-dealkylation sites (N-methyl/N-ethyl adjacent to an activating group) is 1. The third-order valence-electron chi connectivity index (χ3n) is 3.20. The highest BCUT2D eigenvalue weighted by Crippen LogP contribution is 2.49. The van der Waals surface area contributed by atoms with E-state index in [4.69, 9.17) is 17.3 Å². The van der Waals surface area contributed by atoms with Gasteiger partial charge in [-0.05, 0) is 6.92 Å². The molecule has 0 aromatic heterocycles. The molecule has 0 spiro atoms. The van der Waals surface area contributed by atoms with Crippen LogP contribution in [0.25, 0.3) is 0 Å². The van der Waals surface area contributed by atoms with Gasteiger partial charge in [0.1, 0.15) is 13.2 Å². The van der Waals surface area contributed by atoms with E-state index in [2.05, 4.69) is 20.7 Å². The number of quaternary nitrogens is 1. The molecule has 154 valence electrons. The van der Waals surface area contributed by atoms with Gasteiger partial charge in [-0.2, -0.15) is 0 Å². The predicted molar refractivity (Wildman–Crippen MR) is 108 cm³/mol. The van der Waals surface area contributed by atoms with Crippen molar-refractivity contribution in [3.63, 3.8) is 0 Å². The molecule has 0 aliphatic rings. The van der Waals surface area contributed by atoms with Gasteiger partial charge in [-0.3, -0.25) is 12.5 Å². The molecular formula is C18H42NO5S+. The summed E-state index contributed by atoms with van der Waals surface area (Å²) in [5, 5.41) is 0. The third-order valence-corrected chi connectivity index (χ3v) is 5.51. The molecule has 0 aliphatic heterocycles. The molecule has 0 amide bonds. The van der Waals surface area contributed by atoms with Crippen LogP contribution in [-0.2, 0) is 22.1 Å². The lowest BCUT2D eigenvalue weighted by Crippen LogP contribution is -2.43. The molecule has 0 fully saturated rings. The first-order valence-corrected chi connectivity index (χ1v) is 10.4. The zero-order chi connectivity index (χ0) is 20.5. The molecule has 6 nitrogen and oxygen atoms in total. The second-order valence-electron chi connectivity index (χ2n) is 5.41. The van der Waals surface area contributed by atoms with Crippen molar-refractivity contribution in [3.8, 4) is 0 Å². The van der Waals surface area contributed by atoms with E-state index in [1.807, 2.05) is 27.7 Å². The standard InChI is InChI=1S/C14H30NO5S.2C2H6/c1-13(2)14(16)20-11-10-15(3,4)9-8-12-21(17-5,18-6)19-7;2*1-2/h1,8-12H2,2-7H3;2*1-2H3/q+1;;. The second-order valence-corrected chi connectivity index (χ2v) is 7.94. The molecule has 0 heterocycles. The van der Waals surface area contributed by atoms with E-state index in [1.165, 1.54) is 0 Å². The number of carbonyl (C=O) groups is 1. The molecule has 0 aromatic carbocycles. The van der Waals surface area contributed by atoms with Crippen molar-refractivity contribution in [2.45, 2.75) is 41.0 Å². The molecule has 0 N–H and O–H groups in total. The SMILES string of the molecule is C=C(C)C(=O)OCC[N+](C)(C)CCCS(OC)(OC)OC.CC.CC. The molecule has 7 heteroatoms. The summed E-state index contributed by atoms with van der Waals surface area (Å²) < 4.78 is 21.9. The van der Waals surface area contributed by atoms with Crippen molar-refractivity contribution >= 4 is 16.8 Å². The van der Waals surface area contributed by atoms with E-state index in [1.54, 1.807) is 28.3 Å². The maximum absolute atomic E-state index is 11.3. The van der Waals surface area contributed by atoms with Crippen LogP contribution >= 0.6 is 10.9 Å². The normalized spacial score (nSPS) is 11.4. The Morgan fingerprint density at radius 2 is 1.40 bits per heavy atom. The van der Waals surface area contributed by atoms with Crippen molar-refractivity contribution in [3.05, 3.63) is 12.2 Å². The molecule has 0 aliphatic carbocycles. The third kappa shape index (κ3) is 14.3. The summed E-state index contributed by atoms with van der Waals surface area (Å²) >= 11 is 0. The summed E-state index contributed by atoms with van der Waals surface area (Å²) in [6, 6.07) is 0. The van der Waals surface area contributed by atoms with Crippen LogP contribution in [0.5, 0.6) is 0 Å². The van der Waals surface area contributed by atoms with Crippen LogP contribution < -0.4 is 0 Å². The molecule has 25 heavy (non-hydrogen) atoms. The van der Waals surface area contributed by atoms with Crippen molar-refractivity contribution in [1.29, 1.82) is 0 Å². The maximum atomic E-state index is 11.3. The van der Waals surface area contributed by atoms with Crippen molar-refractivity contribution in [1.82, 2.24) is 0 Å². The fourth-order valence-electron chi connectivity index (χ4n) is 1.74. The number of esters is 1. The lowest BCUT2D eigenvalue weighted by molar-refractivity contribution is -0.890. The van der Waals surface area contributed by atoms with Gasteiger partial charge in [0.2, 0.25) is 0 Å². The molecule has 0 radical (unpaired) electrons. The Labute approximate surface area is 158 Å². The van der Waals surface area contributed by atoms with Crippen LogP contribution in [0, 0.1) is 0 Å². The molecule has 0 saturated heterocycles. The van der Waals surface area contributed by atoms with Gasteiger partial charge >= 0.3 is 5.97 Å². The van der Waals surface area contributed by atoms with Crippen molar-refractivity contribution in [2.24, 2.45) is 0 Å². The van der Waals surface area contributed by atoms with E-state index < -0.39 is 10.9 Å². The van der Waals surface area contributed by atoms with E-state index in [0.29, 0.717) is 17.9 Å². The minimum absolute atomic E-state index is 0.336. The van der Waals surface area contributed by atoms with Crippen LogP contribution in [-0.4, -0.2) is 71.3 Å². The van der Waals surface area contributed by atoms with Crippen LogP contribution in [0.2, 0.25) is 0 Å². The molecule has 0 saturated carbocycles. The number of hydrogen-bond donors (Lipinski definition) is 0. The molecule has 0 atom stereocenters. The first-order chi connectivity index (χ1) is 11.7. The van der Waals surface area contributed by atoms with Crippen LogP contribution in [0.4, 0.5) is 0 Å². The predicted octanol–water partition coefficient (Wildman–Crippen LogP) is 4.11. The van der Waals surface area contributed by atoms with E-state index in [0.717, 1.165) is 24.0 Å².